The first-order valence-electron chi connectivity index (χ1n) is 10.3. The van der Waals surface area contributed by atoms with E-state index in [1.54, 1.807) is 6.07 Å². The summed E-state index contributed by atoms with van der Waals surface area (Å²) in [6.45, 7) is 1.95. The van der Waals surface area contributed by atoms with Crippen LogP contribution < -0.4 is 15.0 Å². The lowest BCUT2D eigenvalue weighted by Crippen LogP contribution is -2.48. The summed E-state index contributed by atoms with van der Waals surface area (Å²) in [6.07, 6.45) is -1.27. The number of carbonyl (C=O) groups excluding carboxylic acids is 1. The van der Waals surface area contributed by atoms with Crippen molar-refractivity contribution in [2.45, 2.75) is 19.1 Å². The summed E-state index contributed by atoms with van der Waals surface area (Å²) in [5.74, 6) is -0.0145. The second-order valence-corrected chi connectivity index (χ2v) is 8.47. The molecule has 2 amide bonds. The quantitative estimate of drug-likeness (QED) is 0.656. The Morgan fingerprint density at radius 1 is 1.22 bits per heavy atom. The second-order valence-electron chi connectivity index (χ2n) is 7.68. The minimum atomic E-state index is -0.954. The topological polar surface area (TPSA) is 91.3 Å². The summed E-state index contributed by atoms with van der Waals surface area (Å²) < 4.78 is 26.5. The van der Waals surface area contributed by atoms with Crippen molar-refractivity contribution in [3.63, 3.8) is 0 Å². The molecule has 2 N–H and O–H groups in total. The van der Waals surface area contributed by atoms with E-state index in [4.69, 9.17) is 14.6 Å². The molecule has 2 aliphatic rings. The highest BCUT2D eigenvalue weighted by molar-refractivity contribution is 9.10. The minimum Gasteiger partial charge on any atom is -0.491 e. The molecule has 2 aliphatic heterocycles. The zero-order chi connectivity index (χ0) is 22.7. The Kier molecular flexibility index (Phi) is 6.69. The maximum absolute atomic E-state index is 15.2. The lowest BCUT2D eigenvalue weighted by atomic mass is 10.0. The molecule has 8 nitrogen and oxygen atoms in total. The van der Waals surface area contributed by atoms with Gasteiger partial charge in [-0.05, 0) is 21.5 Å². The number of carboxylic acid groups (broad SMARTS) is 1. The fourth-order valence-electron chi connectivity index (χ4n) is 3.84. The van der Waals surface area contributed by atoms with Crippen LogP contribution in [0.2, 0.25) is 0 Å². The molecule has 1 unspecified atom stereocenters. The Morgan fingerprint density at radius 3 is 2.62 bits per heavy atom. The van der Waals surface area contributed by atoms with Crippen molar-refractivity contribution in [2.75, 3.05) is 37.7 Å². The molecule has 0 aromatic heterocycles. The number of fused-ring (bicyclic) bond motifs is 1. The Morgan fingerprint density at radius 2 is 1.94 bits per heavy atom. The number of benzene rings is 2. The molecule has 170 valence electrons. The largest absolute Gasteiger partial charge is 0.491 e. The Bertz CT molecular complexity index is 999. The van der Waals surface area contributed by atoms with Gasteiger partial charge < -0.3 is 29.7 Å². The zero-order valence-electron chi connectivity index (χ0n) is 17.2. The van der Waals surface area contributed by atoms with Crippen LogP contribution in [0, 0.1) is 5.82 Å². The fraction of sp³-hybridized carbons (Fsp3) is 0.364. The minimum absolute atomic E-state index is 0.148. The number of ether oxygens (including phenoxy) is 2. The molecular formula is C22H23BrFN3O5. The number of anilines is 1. The van der Waals surface area contributed by atoms with Crippen LogP contribution in [0.5, 0.6) is 5.75 Å². The third-order valence-electron chi connectivity index (χ3n) is 5.56. The van der Waals surface area contributed by atoms with Gasteiger partial charge in [-0.2, -0.15) is 0 Å². The molecule has 2 aromatic carbocycles. The molecule has 32 heavy (non-hydrogen) atoms. The van der Waals surface area contributed by atoms with Gasteiger partial charge in [0.05, 0.1) is 16.2 Å². The molecule has 1 fully saturated rings. The van der Waals surface area contributed by atoms with E-state index in [9.17, 15) is 9.59 Å². The normalized spacial score (nSPS) is 17.9. The summed E-state index contributed by atoms with van der Waals surface area (Å²) >= 11 is 3.35. The van der Waals surface area contributed by atoms with Gasteiger partial charge in [0, 0.05) is 44.2 Å². The van der Waals surface area contributed by atoms with Crippen molar-refractivity contribution in [3.8, 4) is 5.75 Å². The molecule has 2 heterocycles. The molecule has 2 aromatic rings. The average Bonchev–Trinajstić information content (AvgIpc) is 2.81. The average molecular weight is 508 g/mol. The molecular weight excluding hydrogens is 485 g/mol. The number of amides is 2. The molecule has 0 aliphatic carbocycles. The number of nitrogens with zero attached hydrogens (tertiary/aromatic N) is 2. The number of hydrogen-bond acceptors (Lipinski definition) is 5. The first kappa shape index (κ1) is 22.2. The standard InChI is InChI=1S/C22H23BrFN3O5/c23-19-17(26-6-8-27(9-7-26)22(29)30)11-18-16(20(19)24)10-15(13-31-18)25-21(28)32-12-14-4-2-1-3-5-14/h1-5,11,15H,6-10,12-13H2,(H,25,28)(H,29,30). The van der Waals surface area contributed by atoms with E-state index in [-0.39, 0.29) is 19.6 Å². The highest BCUT2D eigenvalue weighted by Crippen LogP contribution is 2.39. The molecule has 1 saturated heterocycles. The van der Waals surface area contributed by atoms with E-state index in [0.717, 1.165) is 5.56 Å². The predicted molar refractivity (Wildman–Crippen MR) is 119 cm³/mol. The lowest BCUT2D eigenvalue weighted by Gasteiger charge is -2.36. The van der Waals surface area contributed by atoms with Crippen molar-refractivity contribution >= 4 is 33.8 Å². The van der Waals surface area contributed by atoms with Crippen LogP contribution >= 0.6 is 15.9 Å². The molecule has 0 saturated carbocycles. The van der Waals surface area contributed by atoms with Gasteiger partial charge in [0.25, 0.3) is 0 Å². The van der Waals surface area contributed by atoms with Crippen LogP contribution in [0.25, 0.3) is 0 Å². The summed E-state index contributed by atoms with van der Waals surface area (Å²) in [5, 5.41) is 11.8. The van der Waals surface area contributed by atoms with Crippen LogP contribution in [-0.4, -0.2) is 61.0 Å². The van der Waals surface area contributed by atoms with Crippen LogP contribution in [0.15, 0.2) is 40.9 Å². The number of alkyl carbamates (subject to hydrolysis) is 1. The summed E-state index contributed by atoms with van der Waals surface area (Å²) in [6, 6.07) is 10.7. The van der Waals surface area contributed by atoms with Crippen molar-refractivity contribution in [1.29, 1.82) is 0 Å². The Balaban J connectivity index is 1.39. The number of halogens is 2. The van der Waals surface area contributed by atoms with E-state index < -0.39 is 24.0 Å². The van der Waals surface area contributed by atoms with E-state index in [2.05, 4.69) is 21.2 Å². The fourth-order valence-corrected chi connectivity index (χ4v) is 4.44. The van der Waals surface area contributed by atoms with Gasteiger partial charge in [0.15, 0.2) is 0 Å². The van der Waals surface area contributed by atoms with Crippen molar-refractivity contribution in [1.82, 2.24) is 10.2 Å². The third kappa shape index (κ3) is 4.90. The number of nitrogens with one attached hydrogen (secondary N) is 1. The van der Waals surface area contributed by atoms with Gasteiger partial charge in [0.1, 0.15) is 24.8 Å². The van der Waals surface area contributed by atoms with Gasteiger partial charge in [-0.15, -0.1) is 0 Å². The first-order valence-corrected chi connectivity index (χ1v) is 11.1. The second kappa shape index (κ2) is 9.64. The van der Waals surface area contributed by atoms with Crippen LogP contribution in [0.4, 0.5) is 19.7 Å². The molecule has 1 atom stereocenters. The first-order chi connectivity index (χ1) is 15.4. The summed E-state index contributed by atoms with van der Waals surface area (Å²) in [5.41, 5.74) is 1.88. The molecule has 0 bridgehead atoms. The number of rotatable bonds is 4. The number of carbonyl (C=O) groups is 2. The SMILES string of the molecule is O=C(NC1COc2cc(N3CCN(C(=O)O)CC3)c(Br)c(F)c2C1)OCc1ccccc1. The molecule has 0 spiro atoms. The number of hydrogen-bond donors (Lipinski definition) is 2. The van der Waals surface area contributed by atoms with Gasteiger partial charge in [-0.3, -0.25) is 0 Å². The monoisotopic (exact) mass is 507 g/mol. The van der Waals surface area contributed by atoms with Crippen LogP contribution in [0.3, 0.4) is 0 Å². The Hall–Kier alpha value is -3.01. The van der Waals surface area contributed by atoms with E-state index >= 15 is 4.39 Å². The maximum Gasteiger partial charge on any atom is 0.407 e. The van der Waals surface area contributed by atoms with Crippen molar-refractivity contribution in [2.24, 2.45) is 0 Å². The van der Waals surface area contributed by atoms with E-state index in [1.807, 2.05) is 35.2 Å². The smallest absolute Gasteiger partial charge is 0.407 e. The van der Waals surface area contributed by atoms with Crippen LogP contribution in [-0.2, 0) is 17.8 Å². The van der Waals surface area contributed by atoms with Crippen molar-refractivity contribution < 1.29 is 28.6 Å². The van der Waals surface area contributed by atoms with Crippen LogP contribution in [0.1, 0.15) is 11.1 Å². The van der Waals surface area contributed by atoms with Gasteiger partial charge in [-0.1, -0.05) is 30.3 Å². The van der Waals surface area contributed by atoms with Gasteiger partial charge in [0.2, 0.25) is 0 Å². The van der Waals surface area contributed by atoms with E-state index in [0.29, 0.717) is 47.7 Å². The molecule has 10 heteroatoms. The summed E-state index contributed by atoms with van der Waals surface area (Å²) in [7, 11) is 0. The predicted octanol–water partition coefficient (Wildman–Crippen LogP) is 3.62. The number of piperazine rings is 1. The highest BCUT2D eigenvalue weighted by Gasteiger charge is 2.30. The Labute approximate surface area is 193 Å². The van der Waals surface area contributed by atoms with Crippen molar-refractivity contribution in [3.05, 3.63) is 57.8 Å². The highest BCUT2D eigenvalue weighted by atomic mass is 79.9. The lowest BCUT2D eigenvalue weighted by molar-refractivity contribution is 0.128. The molecule has 4 rings (SSSR count). The van der Waals surface area contributed by atoms with E-state index in [1.165, 1.54) is 4.90 Å². The zero-order valence-corrected chi connectivity index (χ0v) is 18.8. The van der Waals surface area contributed by atoms with Gasteiger partial charge in [-0.25, -0.2) is 14.0 Å². The molecule has 0 radical (unpaired) electrons. The maximum atomic E-state index is 15.2. The van der Waals surface area contributed by atoms with Gasteiger partial charge >= 0.3 is 12.2 Å². The third-order valence-corrected chi connectivity index (χ3v) is 6.32. The summed E-state index contributed by atoms with van der Waals surface area (Å²) in [4.78, 5) is 26.5.